The number of hydrogen-bond acceptors (Lipinski definition) is 0. The van der Waals surface area contributed by atoms with Gasteiger partial charge in [-0.25, -0.2) is 0 Å². The fourth-order valence-corrected chi connectivity index (χ4v) is 30.7. The van der Waals surface area contributed by atoms with Gasteiger partial charge >= 0.3 is 0 Å². The summed E-state index contributed by atoms with van der Waals surface area (Å²) in [5.41, 5.74) is 1.19. The van der Waals surface area contributed by atoms with Gasteiger partial charge in [-0.15, -0.1) is 5.92 Å². The predicted octanol–water partition coefficient (Wildman–Crippen LogP) is -0.187. The van der Waals surface area contributed by atoms with Crippen LogP contribution in [0.15, 0.2) is 30.3 Å². The van der Waals surface area contributed by atoms with E-state index in [0.717, 1.165) is 31.9 Å². The lowest BCUT2D eigenvalue weighted by Crippen LogP contribution is -2.56. The molecular weight excluding hydrogens is 289 g/mol. The van der Waals surface area contributed by atoms with Crippen molar-refractivity contribution >= 4 is 54.2 Å². The number of rotatable bonds is 0. The number of fused-ring (bicyclic) bond motifs is 3. The Balaban J connectivity index is 1.81. The van der Waals surface area contributed by atoms with E-state index in [1.165, 1.54) is 32.7 Å². The largest absolute Gasteiger partial charge is 0.103 e. The van der Waals surface area contributed by atoms with Gasteiger partial charge in [0.05, 0.1) is 0 Å². The molecule has 3 fully saturated rings. The van der Waals surface area contributed by atoms with Crippen LogP contribution in [-0.4, -0.2) is 54.2 Å². The molecule has 0 unspecified atom stereocenters. The molecule has 3 aliphatic rings. The van der Waals surface area contributed by atoms with Gasteiger partial charge in [-0.1, -0.05) is 28.9 Å². The van der Waals surface area contributed by atoms with Crippen molar-refractivity contribution in [3.8, 4) is 11.8 Å². The molecule has 0 N–H and O–H groups in total. The lowest BCUT2D eigenvalue weighted by atomic mass is 10.2. The zero-order chi connectivity index (χ0) is 10.8. The van der Waals surface area contributed by atoms with E-state index < -0.39 is 0 Å². The Hall–Kier alpha value is 0.0813. The summed E-state index contributed by atoms with van der Waals surface area (Å²) in [5.74, 6) is 7.06. The molecular formula is C10H6Si6. The van der Waals surface area contributed by atoms with Gasteiger partial charge in [0.25, 0.3) is 0 Å². The minimum absolute atomic E-state index is 0.500. The van der Waals surface area contributed by atoms with Crippen molar-refractivity contribution in [1.82, 2.24) is 0 Å². The summed E-state index contributed by atoms with van der Waals surface area (Å²) >= 11 is 0. The average Bonchev–Trinajstić information content (AvgIpc) is 2.40. The van der Waals surface area contributed by atoms with Crippen molar-refractivity contribution in [2.45, 2.75) is 9.07 Å². The normalized spacial score (nSPS) is 31.9. The second-order valence-corrected chi connectivity index (χ2v) is 17.3. The fraction of sp³-hybridized carbons (Fsp3) is 0.200. The lowest BCUT2D eigenvalue weighted by Gasteiger charge is -2.40. The van der Waals surface area contributed by atoms with Crippen LogP contribution in [-0.2, 0) is 0 Å². The summed E-state index contributed by atoms with van der Waals surface area (Å²) in [5, 5.41) is 0. The van der Waals surface area contributed by atoms with E-state index >= 15 is 0 Å². The van der Waals surface area contributed by atoms with Crippen molar-refractivity contribution < 1.29 is 0 Å². The first kappa shape index (κ1) is 11.2. The fourth-order valence-electron chi connectivity index (χ4n) is 1.52. The maximum Gasteiger partial charge on any atom is 0.0368 e. The summed E-state index contributed by atoms with van der Waals surface area (Å²) in [6.45, 7) is 0. The SMILES string of the molecule is C(#CC12[Si][Si]C([Si][Si]1)[Si][Si]2)c1ccccc1. The van der Waals surface area contributed by atoms with E-state index in [1.54, 1.807) is 0 Å². The molecule has 3 saturated heterocycles. The predicted molar refractivity (Wildman–Crippen MR) is 74.3 cm³/mol. The topological polar surface area (TPSA) is 0 Å². The molecule has 0 atom stereocenters. The van der Waals surface area contributed by atoms with Gasteiger partial charge in [0, 0.05) is 59.8 Å². The van der Waals surface area contributed by atoms with Crippen molar-refractivity contribution in [2.75, 3.05) is 0 Å². The van der Waals surface area contributed by atoms with Crippen LogP contribution in [0.1, 0.15) is 5.56 Å². The second-order valence-electron chi connectivity index (χ2n) is 3.61. The molecule has 3 heterocycles. The van der Waals surface area contributed by atoms with Gasteiger partial charge < -0.3 is 0 Å². The molecule has 3 aliphatic heterocycles. The van der Waals surface area contributed by atoms with Crippen LogP contribution < -0.4 is 0 Å². The Kier molecular flexibility index (Phi) is 3.32. The molecule has 0 nitrogen and oxygen atoms in total. The summed E-state index contributed by atoms with van der Waals surface area (Å²) in [6, 6.07) is 10.5. The Bertz CT molecular complexity index is 412. The highest BCUT2D eigenvalue weighted by molar-refractivity contribution is 7.42. The van der Waals surface area contributed by atoms with Crippen molar-refractivity contribution in [3.05, 3.63) is 35.9 Å². The molecule has 0 amide bonds. The van der Waals surface area contributed by atoms with Crippen molar-refractivity contribution in [3.63, 3.8) is 0 Å². The van der Waals surface area contributed by atoms with Crippen molar-refractivity contribution in [2.24, 2.45) is 0 Å². The lowest BCUT2D eigenvalue weighted by molar-refractivity contribution is 1.45. The molecule has 1 aromatic rings. The van der Waals surface area contributed by atoms with E-state index in [9.17, 15) is 0 Å². The van der Waals surface area contributed by atoms with Gasteiger partial charge in [-0.3, -0.25) is 0 Å². The van der Waals surface area contributed by atoms with Gasteiger partial charge in [-0.2, -0.15) is 0 Å². The first-order valence-corrected chi connectivity index (χ1v) is 14.3. The molecule has 0 saturated carbocycles. The van der Waals surface area contributed by atoms with Crippen LogP contribution in [0.5, 0.6) is 0 Å². The second kappa shape index (κ2) is 4.75. The molecule has 6 heteroatoms. The maximum absolute atomic E-state index is 3.65. The standard InChI is InChI=1S/C10H6Si6/c1-2-4-8(5-3-1)6-7-10-14-11-9(12-15-10)13-16-10/h1-5,9H. The van der Waals surface area contributed by atoms with E-state index in [-0.39, 0.29) is 0 Å². The Morgan fingerprint density at radius 2 is 1.56 bits per heavy atom. The molecule has 16 heavy (non-hydrogen) atoms. The van der Waals surface area contributed by atoms with Crippen LogP contribution in [0.3, 0.4) is 0 Å². The number of benzene rings is 1. The molecule has 1 aromatic carbocycles. The van der Waals surface area contributed by atoms with E-state index in [0.29, 0.717) is 4.28 Å². The summed E-state index contributed by atoms with van der Waals surface area (Å²) < 4.78 is 0.500. The van der Waals surface area contributed by atoms with Crippen LogP contribution in [0, 0.1) is 11.8 Å². The highest BCUT2D eigenvalue weighted by Crippen LogP contribution is 2.30. The highest BCUT2D eigenvalue weighted by atomic mass is 29.3. The molecule has 0 aromatic heterocycles. The third-order valence-electron chi connectivity index (χ3n) is 2.38. The van der Waals surface area contributed by atoms with Crippen LogP contribution >= 0.6 is 0 Å². The van der Waals surface area contributed by atoms with Gasteiger partial charge in [0.1, 0.15) is 0 Å². The minimum Gasteiger partial charge on any atom is -0.103 e. The van der Waals surface area contributed by atoms with Gasteiger partial charge in [0.2, 0.25) is 0 Å². The zero-order valence-electron chi connectivity index (χ0n) is 8.46. The Morgan fingerprint density at radius 3 is 2.19 bits per heavy atom. The van der Waals surface area contributed by atoms with Gasteiger partial charge in [0.15, 0.2) is 0 Å². The van der Waals surface area contributed by atoms with Crippen LogP contribution in [0.25, 0.3) is 0 Å². The summed E-state index contributed by atoms with van der Waals surface area (Å²) in [7, 11) is 7.21. The first-order chi connectivity index (χ1) is 7.86. The smallest absolute Gasteiger partial charge is 0.0368 e. The zero-order valence-corrected chi connectivity index (χ0v) is 14.5. The third-order valence-corrected chi connectivity index (χ3v) is 27.0. The van der Waals surface area contributed by atoms with E-state index in [2.05, 4.69) is 42.2 Å². The number of hydrogen-bond donors (Lipinski definition) is 0. The highest BCUT2D eigenvalue weighted by Gasteiger charge is 2.41. The molecule has 12 radical (unpaired) electrons. The maximum atomic E-state index is 3.65. The molecule has 70 valence electrons. The summed E-state index contributed by atoms with van der Waals surface area (Å²) in [4.78, 5) is 1.15. The summed E-state index contributed by atoms with van der Waals surface area (Å²) in [6.07, 6.45) is 0. The van der Waals surface area contributed by atoms with Crippen LogP contribution in [0.4, 0.5) is 0 Å². The molecule has 4 rings (SSSR count). The molecule has 0 spiro atoms. The Labute approximate surface area is 111 Å². The first-order valence-electron chi connectivity index (χ1n) is 5.03. The molecule has 0 aliphatic carbocycles. The monoisotopic (exact) mass is 294 g/mol. The van der Waals surface area contributed by atoms with E-state index in [1.807, 2.05) is 0 Å². The molecule has 2 bridgehead atoms. The average molecular weight is 295 g/mol. The van der Waals surface area contributed by atoms with Crippen LogP contribution in [0.2, 0.25) is 9.07 Å². The van der Waals surface area contributed by atoms with E-state index in [4.69, 9.17) is 0 Å². The Morgan fingerprint density at radius 1 is 0.938 bits per heavy atom. The van der Waals surface area contributed by atoms with Gasteiger partial charge in [-0.05, 0) is 16.4 Å². The van der Waals surface area contributed by atoms with Crippen molar-refractivity contribution in [1.29, 1.82) is 0 Å². The minimum atomic E-state index is 0.500. The quantitative estimate of drug-likeness (QED) is 0.460. The third kappa shape index (κ3) is 2.34.